The van der Waals surface area contributed by atoms with Crippen LogP contribution in [0.25, 0.3) is 0 Å². The molecule has 5 heteroatoms. The van der Waals surface area contributed by atoms with Gasteiger partial charge in [0.25, 0.3) is 0 Å². The van der Waals surface area contributed by atoms with Crippen molar-refractivity contribution in [3.05, 3.63) is 34.3 Å². The van der Waals surface area contributed by atoms with E-state index in [-0.39, 0.29) is 13.0 Å². The molecule has 1 heterocycles. The molecule has 0 amide bonds. The van der Waals surface area contributed by atoms with Crippen molar-refractivity contribution in [3.8, 4) is 0 Å². The second-order valence-corrected chi connectivity index (χ2v) is 4.93. The minimum Gasteiger partial charge on any atom is -0.315 e. The van der Waals surface area contributed by atoms with E-state index in [4.69, 9.17) is 0 Å². The molecule has 0 radical (unpaired) electrons. The number of hydrogen-bond donors (Lipinski definition) is 1. The first-order chi connectivity index (χ1) is 7.46. The van der Waals surface area contributed by atoms with Crippen LogP contribution in [0.4, 0.5) is 13.2 Å². The van der Waals surface area contributed by atoms with Gasteiger partial charge in [-0.2, -0.15) is 13.2 Å². The molecule has 2 rings (SSSR count). The third-order valence-corrected chi connectivity index (χ3v) is 3.57. The van der Waals surface area contributed by atoms with Gasteiger partial charge in [-0.3, -0.25) is 0 Å². The fourth-order valence-electron chi connectivity index (χ4n) is 2.13. The quantitative estimate of drug-likeness (QED) is 0.838. The van der Waals surface area contributed by atoms with Crippen molar-refractivity contribution >= 4 is 15.9 Å². The van der Waals surface area contributed by atoms with E-state index in [0.29, 0.717) is 16.6 Å². The number of nitrogens with one attached hydrogen (secondary N) is 1. The highest BCUT2D eigenvalue weighted by Crippen LogP contribution is 2.45. The van der Waals surface area contributed by atoms with Crippen LogP contribution in [0.3, 0.4) is 0 Å². The average Bonchev–Trinajstić information content (AvgIpc) is 2.66. The first-order valence-corrected chi connectivity index (χ1v) is 5.78. The zero-order chi connectivity index (χ0) is 11.8. The Morgan fingerprint density at radius 2 is 2.06 bits per heavy atom. The highest BCUT2D eigenvalue weighted by molar-refractivity contribution is 9.10. The second-order valence-electron chi connectivity index (χ2n) is 4.02. The summed E-state index contributed by atoms with van der Waals surface area (Å²) in [5.41, 5.74) is -1.39. The Morgan fingerprint density at radius 1 is 1.31 bits per heavy atom. The van der Waals surface area contributed by atoms with E-state index < -0.39 is 11.6 Å². The van der Waals surface area contributed by atoms with E-state index in [1.54, 1.807) is 24.3 Å². The molecule has 1 aromatic rings. The highest BCUT2D eigenvalue weighted by atomic mass is 79.9. The van der Waals surface area contributed by atoms with Crippen LogP contribution in [-0.2, 0) is 5.41 Å². The topological polar surface area (TPSA) is 12.0 Å². The van der Waals surface area contributed by atoms with Gasteiger partial charge in [0, 0.05) is 11.0 Å². The van der Waals surface area contributed by atoms with Gasteiger partial charge in [-0.1, -0.05) is 28.1 Å². The lowest BCUT2D eigenvalue weighted by Gasteiger charge is -2.31. The van der Waals surface area contributed by atoms with Gasteiger partial charge in [-0.25, -0.2) is 0 Å². The van der Waals surface area contributed by atoms with Gasteiger partial charge in [0.2, 0.25) is 0 Å². The van der Waals surface area contributed by atoms with Crippen molar-refractivity contribution < 1.29 is 13.2 Å². The molecule has 1 unspecified atom stereocenters. The molecule has 1 saturated heterocycles. The van der Waals surface area contributed by atoms with Gasteiger partial charge in [-0.05, 0) is 30.7 Å². The molecule has 16 heavy (non-hydrogen) atoms. The number of rotatable bonds is 1. The van der Waals surface area contributed by atoms with E-state index in [2.05, 4.69) is 21.2 Å². The summed E-state index contributed by atoms with van der Waals surface area (Å²) in [5.74, 6) is 0. The van der Waals surface area contributed by atoms with Crippen LogP contribution in [0, 0.1) is 0 Å². The van der Waals surface area contributed by atoms with Gasteiger partial charge in [0.05, 0.1) is 0 Å². The molecule has 0 spiro atoms. The minimum atomic E-state index is -4.21. The van der Waals surface area contributed by atoms with Gasteiger partial charge >= 0.3 is 6.18 Å². The second kappa shape index (κ2) is 4.04. The Morgan fingerprint density at radius 3 is 2.56 bits per heavy atom. The van der Waals surface area contributed by atoms with Crippen molar-refractivity contribution in [2.45, 2.75) is 18.0 Å². The Bertz CT molecular complexity index is 383. The molecule has 0 aromatic heterocycles. The summed E-state index contributed by atoms with van der Waals surface area (Å²) >= 11 is 3.21. The summed E-state index contributed by atoms with van der Waals surface area (Å²) in [4.78, 5) is 0. The van der Waals surface area contributed by atoms with Crippen molar-refractivity contribution in [1.29, 1.82) is 0 Å². The SMILES string of the molecule is FC(F)(F)C1(c2cccc(Br)c2)CCNC1. The maximum atomic E-state index is 13.2. The van der Waals surface area contributed by atoms with Gasteiger partial charge in [0.15, 0.2) is 0 Å². The average molecular weight is 294 g/mol. The summed E-state index contributed by atoms with van der Waals surface area (Å²) in [5, 5.41) is 2.80. The zero-order valence-electron chi connectivity index (χ0n) is 8.44. The monoisotopic (exact) mass is 293 g/mol. The molecule has 1 fully saturated rings. The molecule has 1 aliphatic heterocycles. The Balaban J connectivity index is 2.48. The van der Waals surface area contributed by atoms with Crippen molar-refractivity contribution in [2.75, 3.05) is 13.1 Å². The molecule has 88 valence electrons. The van der Waals surface area contributed by atoms with Gasteiger partial charge < -0.3 is 5.32 Å². The third-order valence-electron chi connectivity index (χ3n) is 3.08. The van der Waals surface area contributed by atoms with E-state index >= 15 is 0 Å². The number of halogens is 4. The molecule has 1 aliphatic rings. The van der Waals surface area contributed by atoms with E-state index in [1.807, 2.05) is 0 Å². The summed E-state index contributed by atoms with van der Waals surface area (Å²) in [6.07, 6.45) is -4.11. The number of hydrogen-bond acceptors (Lipinski definition) is 1. The molecule has 0 saturated carbocycles. The predicted octanol–water partition coefficient (Wildman–Crippen LogP) is 3.24. The van der Waals surface area contributed by atoms with Crippen LogP contribution in [0.5, 0.6) is 0 Å². The predicted molar refractivity (Wildman–Crippen MR) is 59.4 cm³/mol. The van der Waals surface area contributed by atoms with Crippen LogP contribution in [0.15, 0.2) is 28.7 Å². The summed E-state index contributed by atoms with van der Waals surface area (Å²) in [6, 6.07) is 6.48. The minimum absolute atomic E-state index is 0.0348. The molecular formula is C11H11BrF3N. The van der Waals surface area contributed by atoms with Crippen LogP contribution >= 0.6 is 15.9 Å². The van der Waals surface area contributed by atoms with Crippen LogP contribution in [0.1, 0.15) is 12.0 Å². The van der Waals surface area contributed by atoms with Crippen LogP contribution in [-0.4, -0.2) is 19.3 Å². The highest BCUT2D eigenvalue weighted by Gasteiger charge is 2.57. The molecule has 0 aliphatic carbocycles. The fraction of sp³-hybridized carbons (Fsp3) is 0.455. The number of alkyl halides is 3. The van der Waals surface area contributed by atoms with Gasteiger partial charge in [-0.15, -0.1) is 0 Å². The van der Waals surface area contributed by atoms with Crippen molar-refractivity contribution in [3.63, 3.8) is 0 Å². The van der Waals surface area contributed by atoms with E-state index in [9.17, 15) is 13.2 Å². The first-order valence-electron chi connectivity index (χ1n) is 4.99. The summed E-state index contributed by atoms with van der Waals surface area (Å²) in [7, 11) is 0. The summed E-state index contributed by atoms with van der Waals surface area (Å²) in [6.45, 7) is 0.374. The lowest BCUT2D eigenvalue weighted by atomic mass is 9.79. The zero-order valence-corrected chi connectivity index (χ0v) is 10.0. The molecule has 1 N–H and O–H groups in total. The maximum absolute atomic E-state index is 13.2. The molecule has 0 bridgehead atoms. The third kappa shape index (κ3) is 1.86. The van der Waals surface area contributed by atoms with Crippen molar-refractivity contribution in [1.82, 2.24) is 5.32 Å². The lowest BCUT2D eigenvalue weighted by Crippen LogP contribution is -2.44. The van der Waals surface area contributed by atoms with Crippen LogP contribution < -0.4 is 5.32 Å². The van der Waals surface area contributed by atoms with Gasteiger partial charge in [0.1, 0.15) is 5.41 Å². The molecule has 1 atom stereocenters. The smallest absolute Gasteiger partial charge is 0.315 e. The number of benzene rings is 1. The first kappa shape index (κ1) is 11.9. The van der Waals surface area contributed by atoms with E-state index in [0.717, 1.165) is 0 Å². The normalized spacial score (nSPS) is 26.0. The largest absolute Gasteiger partial charge is 0.399 e. The van der Waals surface area contributed by atoms with Crippen molar-refractivity contribution in [2.24, 2.45) is 0 Å². The van der Waals surface area contributed by atoms with Crippen LogP contribution in [0.2, 0.25) is 0 Å². The lowest BCUT2D eigenvalue weighted by molar-refractivity contribution is -0.185. The standard InChI is InChI=1S/C11H11BrF3N/c12-9-3-1-2-8(6-9)10(11(13,14)15)4-5-16-7-10/h1-3,6,16H,4-5,7H2. The fourth-order valence-corrected chi connectivity index (χ4v) is 2.53. The summed E-state index contributed by atoms with van der Waals surface area (Å²) < 4.78 is 40.2. The maximum Gasteiger partial charge on any atom is 0.399 e. The Hall–Kier alpha value is -0.550. The Labute approximate surface area is 100 Å². The molecule has 1 nitrogen and oxygen atoms in total. The Kier molecular flexibility index (Phi) is 3.01. The molecule has 1 aromatic carbocycles. The molecular weight excluding hydrogens is 283 g/mol. The van der Waals surface area contributed by atoms with E-state index in [1.165, 1.54) is 0 Å².